The maximum atomic E-state index is 12.9. The molecule has 510 valence electrons. The van der Waals surface area contributed by atoms with Gasteiger partial charge in [0.15, 0.2) is 6.10 Å². The van der Waals surface area contributed by atoms with Crippen LogP contribution in [0.1, 0.15) is 406 Å². The summed E-state index contributed by atoms with van der Waals surface area (Å²) in [7, 11) is 5.99. The molecule has 86 heavy (non-hydrogen) atoms. The summed E-state index contributed by atoms with van der Waals surface area (Å²) >= 11 is 0. The molecule has 0 amide bonds. The van der Waals surface area contributed by atoms with E-state index in [0.29, 0.717) is 17.4 Å². The van der Waals surface area contributed by atoms with Crippen molar-refractivity contribution in [3.8, 4) is 0 Å². The zero-order chi connectivity index (χ0) is 62.6. The molecule has 9 heteroatoms. The van der Waals surface area contributed by atoms with E-state index in [2.05, 4.69) is 26.0 Å². The Hall–Kier alpha value is -1.97. The number of rotatable bonds is 73. The van der Waals surface area contributed by atoms with E-state index >= 15 is 0 Å². The first-order chi connectivity index (χ1) is 42.1. The molecule has 0 fully saturated rings. The molecule has 0 aliphatic carbocycles. The van der Waals surface area contributed by atoms with Gasteiger partial charge in [-0.3, -0.25) is 9.59 Å². The van der Waals surface area contributed by atoms with E-state index in [4.69, 9.17) is 18.9 Å². The number of carboxylic acid groups (broad SMARTS) is 1. The van der Waals surface area contributed by atoms with Gasteiger partial charge in [-0.25, -0.2) is 4.79 Å². The average molecular weight is 1220 g/mol. The monoisotopic (exact) mass is 1220 g/mol. The molecule has 0 saturated heterocycles. The van der Waals surface area contributed by atoms with Gasteiger partial charge in [0.25, 0.3) is 6.29 Å². The van der Waals surface area contributed by atoms with Crippen molar-refractivity contribution in [1.82, 2.24) is 0 Å². The highest BCUT2D eigenvalue weighted by atomic mass is 16.7. The molecule has 2 atom stereocenters. The van der Waals surface area contributed by atoms with Crippen LogP contribution >= 0.6 is 0 Å². The molecule has 0 rings (SSSR count). The zero-order valence-corrected chi connectivity index (χ0v) is 58.5. The Morgan fingerprint density at radius 3 is 0.860 bits per heavy atom. The Morgan fingerprint density at radius 2 is 0.593 bits per heavy atom. The van der Waals surface area contributed by atoms with Crippen molar-refractivity contribution in [2.45, 2.75) is 418 Å². The van der Waals surface area contributed by atoms with Crippen molar-refractivity contribution in [3.05, 3.63) is 12.2 Å². The van der Waals surface area contributed by atoms with Crippen molar-refractivity contribution >= 4 is 17.9 Å². The molecule has 0 aliphatic heterocycles. The number of esters is 2. The van der Waals surface area contributed by atoms with Gasteiger partial charge in [0, 0.05) is 12.8 Å². The van der Waals surface area contributed by atoms with Crippen molar-refractivity contribution in [2.75, 3.05) is 47.5 Å². The van der Waals surface area contributed by atoms with Crippen LogP contribution < -0.4 is 0 Å². The van der Waals surface area contributed by atoms with E-state index < -0.39 is 18.4 Å². The molecule has 0 aromatic carbocycles. The van der Waals surface area contributed by atoms with Crippen LogP contribution in [0.15, 0.2) is 12.2 Å². The van der Waals surface area contributed by atoms with Gasteiger partial charge in [0.1, 0.15) is 13.2 Å². The number of carbonyl (C=O) groups excluding carboxylic acids is 2. The maximum Gasteiger partial charge on any atom is 0.361 e. The lowest BCUT2D eigenvalue weighted by Crippen LogP contribution is -2.40. The first-order valence-electron chi connectivity index (χ1n) is 38.4. The molecule has 0 bridgehead atoms. The van der Waals surface area contributed by atoms with Gasteiger partial charge < -0.3 is 28.5 Å². The smallest absolute Gasteiger partial charge is 0.361 e. The van der Waals surface area contributed by atoms with Crippen LogP contribution in [0.4, 0.5) is 0 Å². The molecular weight excluding hydrogens is 1070 g/mol. The Balaban J connectivity index is 3.90. The summed E-state index contributed by atoms with van der Waals surface area (Å²) < 4.78 is 23.0. The van der Waals surface area contributed by atoms with Gasteiger partial charge in [-0.05, 0) is 38.5 Å². The van der Waals surface area contributed by atoms with Gasteiger partial charge in [0.2, 0.25) is 0 Å². The molecule has 0 aromatic rings. The molecule has 0 spiro atoms. The van der Waals surface area contributed by atoms with E-state index in [-0.39, 0.29) is 38.2 Å². The van der Waals surface area contributed by atoms with Crippen LogP contribution in [0.3, 0.4) is 0 Å². The average Bonchev–Trinajstić information content (AvgIpc) is 3.64. The van der Waals surface area contributed by atoms with Gasteiger partial charge in [-0.2, -0.15) is 0 Å². The summed E-state index contributed by atoms with van der Waals surface area (Å²) in [6, 6.07) is 0. The van der Waals surface area contributed by atoms with E-state index in [0.717, 1.165) is 38.5 Å². The molecular formula is C77H150NO8+. The van der Waals surface area contributed by atoms with Crippen molar-refractivity contribution in [2.24, 2.45) is 0 Å². The molecule has 0 aliphatic rings. The second-order valence-corrected chi connectivity index (χ2v) is 27.7. The van der Waals surface area contributed by atoms with Gasteiger partial charge in [-0.15, -0.1) is 0 Å². The standard InChI is InChI=1S/C77H149NO8/c1-6-8-10-12-14-16-18-20-22-24-26-28-29-30-31-32-33-34-35-36-37-38-39-40-41-42-43-44-45-46-48-49-51-53-55-57-59-61-63-65-67-74(79)84-71-73(72-85-77(76(81)82)83-70-69-78(3,4)5)86-75(80)68-66-64-62-60-58-56-54-52-50-47-27-25-23-21-19-17-15-13-11-9-7-2/h25,27,73,77H,6-24,26,28-72H2,1-5H3/p+1/b27-25-. The first-order valence-corrected chi connectivity index (χ1v) is 38.4. The lowest BCUT2D eigenvalue weighted by molar-refractivity contribution is -0.870. The number of carboxylic acids is 1. The highest BCUT2D eigenvalue weighted by Gasteiger charge is 2.25. The third-order valence-electron chi connectivity index (χ3n) is 17.8. The van der Waals surface area contributed by atoms with E-state index in [1.807, 2.05) is 21.1 Å². The van der Waals surface area contributed by atoms with E-state index in [1.54, 1.807) is 0 Å². The van der Waals surface area contributed by atoms with Gasteiger partial charge in [-0.1, -0.05) is 366 Å². The summed E-state index contributed by atoms with van der Waals surface area (Å²) in [5.74, 6) is -1.98. The Kier molecular flexibility index (Phi) is 67.4. The largest absolute Gasteiger partial charge is 0.477 e. The predicted octanol–water partition coefficient (Wildman–Crippen LogP) is 24.0. The summed E-state index contributed by atoms with van der Waals surface area (Å²) in [6.07, 6.45) is 82.3. The fraction of sp³-hybridized carbons (Fsp3) is 0.935. The van der Waals surface area contributed by atoms with Gasteiger partial charge >= 0.3 is 17.9 Å². The third-order valence-corrected chi connectivity index (χ3v) is 17.8. The summed E-state index contributed by atoms with van der Waals surface area (Å²) in [4.78, 5) is 37.6. The minimum Gasteiger partial charge on any atom is -0.477 e. The third kappa shape index (κ3) is 69.5. The van der Waals surface area contributed by atoms with Gasteiger partial charge in [0.05, 0.1) is 34.4 Å². The molecule has 1 N–H and O–H groups in total. The van der Waals surface area contributed by atoms with E-state index in [9.17, 15) is 19.5 Å². The number of likely N-dealkylation sites (N-methyl/N-ethyl adjacent to an activating group) is 1. The number of aliphatic carboxylic acids is 1. The van der Waals surface area contributed by atoms with Crippen molar-refractivity contribution in [1.29, 1.82) is 0 Å². The number of allylic oxidation sites excluding steroid dienone is 2. The maximum absolute atomic E-state index is 12.9. The van der Waals surface area contributed by atoms with Crippen LogP contribution in [-0.4, -0.2) is 87.4 Å². The number of hydrogen-bond acceptors (Lipinski definition) is 7. The lowest BCUT2D eigenvalue weighted by atomic mass is 10.0. The summed E-state index contributed by atoms with van der Waals surface area (Å²) in [5, 5.41) is 9.75. The van der Waals surface area contributed by atoms with Crippen LogP contribution in [0.5, 0.6) is 0 Å². The Morgan fingerprint density at radius 1 is 0.337 bits per heavy atom. The van der Waals surface area contributed by atoms with Crippen molar-refractivity contribution in [3.63, 3.8) is 0 Å². The van der Waals surface area contributed by atoms with E-state index in [1.165, 1.54) is 340 Å². The topological polar surface area (TPSA) is 108 Å². The number of ether oxygens (including phenoxy) is 4. The van der Waals surface area contributed by atoms with Crippen LogP contribution in [0.25, 0.3) is 0 Å². The minimum atomic E-state index is -1.51. The predicted molar refractivity (Wildman–Crippen MR) is 369 cm³/mol. The minimum absolute atomic E-state index is 0.175. The highest BCUT2D eigenvalue weighted by Crippen LogP contribution is 2.20. The second kappa shape index (κ2) is 68.9. The highest BCUT2D eigenvalue weighted by molar-refractivity contribution is 5.71. The zero-order valence-electron chi connectivity index (χ0n) is 58.5. The number of carbonyl (C=O) groups is 3. The number of nitrogens with zero attached hydrogens (tertiary/aromatic N) is 1. The molecule has 0 saturated carbocycles. The fourth-order valence-electron chi connectivity index (χ4n) is 11.9. The van der Waals surface area contributed by atoms with Crippen LogP contribution in [-0.2, 0) is 33.3 Å². The summed E-state index contributed by atoms with van der Waals surface area (Å²) in [6.45, 7) is 4.96. The number of unbranched alkanes of at least 4 members (excludes halogenated alkanes) is 56. The molecule has 0 aromatic heterocycles. The summed E-state index contributed by atoms with van der Waals surface area (Å²) in [5.41, 5.74) is 0. The fourth-order valence-corrected chi connectivity index (χ4v) is 11.9. The normalized spacial score (nSPS) is 12.6. The number of quaternary nitrogens is 1. The lowest BCUT2D eigenvalue weighted by Gasteiger charge is -2.25. The molecule has 2 unspecified atom stereocenters. The Bertz CT molecular complexity index is 1410. The molecule has 0 radical (unpaired) electrons. The molecule has 0 heterocycles. The van der Waals surface area contributed by atoms with Crippen molar-refractivity contribution < 1.29 is 42.9 Å². The number of hydrogen-bond donors (Lipinski definition) is 1. The first kappa shape index (κ1) is 84.0. The quantitative estimate of drug-likeness (QED) is 0.0211. The SMILES string of the molecule is CCCCCCCCCC/C=C\CCCCCCCCCCCC(=O)OC(COC(=O)CCCCCCCCCCCCCCCCCCCCCCCCCCCCCCCCCCCCCCCCCC)COC(OCC[N+](C)(C)C)C(=O)O. The van der Waals surface area contributed by atoms with Crippen LogP contribution in [0, 0.1) is 0 Å². The molecule has 9 nitrogen and oxygen atoms in total. The van der Waals surface area contributed by atoms with Crippen LogP contribution in [0.2, 0.25) is 0 Å². The Labute approximate surface area is 535 Å². The second-order valence-electron chi connectivity index (χ2n) is 27.7.